The molecule has 5 nitrogen and oxygen atoms in total. The molecule has 5 heteroatoms. The summed E-state index contributed by atoms with van der Waals surface area (Å²) in [5.41, 5.74) is 0.553. The first kappa shape index (κ1) is 18.8. The number of amides is 1. The summed E-state index contributed by atoms with van der Waals surface area (Å²) in [6.45, 7) is 6.61. The molecular formula is C20H25NO4. The molecule has 0 fully saturated rings. The first-order valence-electron chi connectivity index (χ1n) is 8.61. The fourth-order valence-electron chi connectivity index (χ4n) is 2.33. The third-order valence-corrected chi connectivity index (χ3v) is 4.08. The average molecular weight is 343 g/mol. The number of rotatable bonds is 8. The van der Waals surface area contributed by atoms with Crippen molar-refractivity contribution in [3.8, 4) is 5.75 Å². The summed E-state index contributed by atoms with van der Waals surface area (Å²) in [5.74, 6) is 0.371. The van der Waals surface area contributed by atoms with Crippen LogP contribution >= 0.6 is 0 Å². The molecule has 0 aliphatic carbocycles. The van der Waals surface area contributed by atoms with Crippen molar-refractivity contribution in [1.29, 1.82) is 0 Å². The molecule has 0 radical (unpaired) electrons. The highest BCUT2D eigenvalue weighted by atomic mass is 16.5. The Labute approximate surface area is 148 Å². The van der Waals surface area contributed by atoms with Crippen molar-refractivity contribution in [1.82, 2.24) is 5.32 Å². The topological polar surface area (TPSA) is 68.5 Å². The van der Waals surface area contributed by atoms with Gasteiger partial charge in [-0.3, -0.25) is 9.59 Å². The van der Waals surface area contributed by atoms with Crippen LogP contribution in [0.2, 0.25) is 0 Å². The molecule has 2 rings (SSSR count). The van der Waals surface area contributed by atoms with E-state index in [-0.39, 0.29) is 23.5 Å². The summed E-state index contributed by atoms with van der Waals surface area (Å²) in [7, 11) is 0. The van der Waals surface area contributed by atoms with E-state index in [4.69, 9.17) is 9.15 Å². The summed E-state index contributed by atoms with van der Waals surface area (Å²) >= 11 is 0. The van der Waals surface area contributed by atoms with Crippen LogP contribution in [0.4, 0.5) is 0 Å². The smallest absolute Gasteiger partial charge is 0.291 e. The van der Waals surface area contributed by atoms with Gasteiger partial charge < -0.3 is 14.5 Å². The molecule has 1 unspecified atom stereocenters. The van der Waals surface area contributed by atoms with Crippen molar-refractivity contribution in [2.75, 3.05) is 6.54 Å². The third kappa shape index (κ3) is 5.48. The molecule has 0 spiro atoms. The van der Waals surface area contributed by atoms with Crippen LogP contribution < -0.4 is 15.5 Å². The Kier molecular flexibility index (Phi) is 6.81. The second-order valence-corrected chi connectivity index (χ2v) is 6.21. The largest absolute Gasteiger partial charge is 0.481 e. The van der Waals surface area contributed by atoms with Gasteiger partial charge in [0.15, 0.2) is 0 Å². The van der Waals surface area contributed by atoms with E-state index in [2.05, 4.69) is 19.2 Å². The zero-order valence-electron chi connectivity index (χ0n) is 15.0. The summed E-state index contributed by atoms with van der Waals surface area (Å²) in [6, 6.07) is 10.8. The fraction of sp³-hybridized carbons (Fsp3) is 0.400. The van der Waals surface area contributed by atoms with Crippen LogP contribution in [-0.2, 0) is 6.61 Å². The molecule has 1 heterocycles. The van der Waals surface area contributed by atoms with Gasteiger partial charge in [-0.25, -0.2) is 0 Å². The van der Waals surface area contributed by atoms with Crippen LogP contribution in [0.25, 0.3) is 0 Å². The van der Waals surface area contributed by atoms with Crippen LogP contribution in [-0.4, -0.2) is 12.5 Å². The van der Waals surface area contributed by atoms with Gasteiger partial charge in [0.25, 0.3) is 5.91 Å². The number of hydrogen-bond donors (Lipinski definition) is 1. The molecule has 0 saturated heterocycles. The maximum atomic E-state index is 12.4. The van der Waals surface area contributed by atoms with Gasteiger partial charge in [-0.2, -0.15) is 0 Å². The molecule has 134 valence electrons. The summed E-state index contributed by atoms with van der Waals surface area (Å²) in [6.07, 6.45) is 1.93. The lowest BCUT2D eigenvalue weighted by Gasteiger charge is -2.12. The monoisotopic (exact) mass is 343 g/mol. The lowest BCUT2D eigenvalue weighted by atomic mass is 10.1. The van der Waals surface area contributed by atoms with Crippen LogP contribution in [0, 0.1) is 12.8 Å². The van der Waals surface area contributed by atoms with Crippen LogP contribution in [0.15, 0.2) is 45.6 Å². The van der Waals surface area contributed by atoms with Gasteiger partial charge >= 0.3 is 0 Å². The van der Waals surface area contributed by atoms with Gasteiger partial charge in [0.05, 0.1) is 0 Å². The highest BCUT2D eigenvalue weighted by molar-refractivity contribution is 5.93. The number of carbonyl (C=O) groups excluding carboxylic acids is 1. The highest BCUT2D eigenvalue weighted by Crippen LogP contribution is 2.17. The molecule has 1 aromatic heterocycles. The molecule has 1 N–H and O–H groups in total. The molecule has 0 aliphatic rings. The molecular weight excluding hydrogens is 318 g/mol. The number of ether oxygens (including phenoxy) is 1. The number of carbonyl (C=O) groups is 1. The standard InChI is InChI=1S/C20H25NO4/c1-4-14(2)10-11-21-20(23)19-18(17(22)12-15(3)25-19)24-13-16-8-6-5-7-9-16/h5-9,12,14H,4,10-11,13H2,1-3H3,(H,21,23). The van der Waals surface area contributed by atoms with Gasteiger partial charge in [-0.05, 0) is 24.8 Å². The summed E-state index contributed by atoms with van der Waals surface area (Å²) < 4.78 is 11.1. The Bertz CT molecular complexity index is 752. The van der Waals surface area contributed by atoms with Gasteiger partial charge in [0, 0.05) is 12.6 Å². The van der Waals surface area contributed by atoms with Crippen LogP contribution in [0.1, 0.15) is 48.6 Å². The van der Waals surface area contributed by atoms with Crippen LogP contribution in [0.5, 0.6) is 5.75 Å². The summed E-state index contributed by atoms with van der Waals surface area (Å²) in [5, 5.41) is 2.81. The Balaban J connectivity index is 2.13. The van der Waals surface area contributed by atoms with E-state index >= 15 is 0 Å². The molecule has 1 aromatic carbocycles. The Morgan fingerprint density at radius 1 is 1.28 bits per heavy atom. The van der Waals surface area contributed by atoms with Crippen molar-refractivity contribution in [2.24, 2.45) is 5.92 Å². The van der Waals surface area contributed by atoms with Crippen molar-refractivity contribution < 1.29 is 13.9 Å². The Hall–Kier alpha value is -2.56. The van der Waals surface area contributed by atoms with E-state index in [0.29, 0.717) is 18.2 Å². The SMILES string of the molecule is CCC(C)CCNC(=O)c1oc(C)cc(=O)c1OCc1ccccc1. The van der Waals surface area contributed by atoms with E-state index < -0.39 is 5.91 Å². The molecule has 0 saturated carbocycles. The molecule has 0 aliphatic heterocycles. The van der Waals surface area contributed by atoms with E-state index in [1.807, 2.05) is 30.3 Å². The third-order valence-electron chi connectivity index (χ3n) is 4.08. The van der Waals surface area contributed by atoms with E-state index in [0.717, 1.165) is 18.4 Å². The maximum absolute atomic E-state index is 12.4. The van der Waals surface area contributed by atoms with Crippen molar-refractivity contribution >= 4 is 5.91 Å². The van der Waals surface area contributed by atoms with Gasteiger partial charge in [-0.1, -0.05) is 50.6 Å². The van der Waals surface area contributed by atoms with Crippen molar-refractivity contribution in [3.05, 3.63) is 63.7 Å². The highest BCUT2D eigenvalue weighted by Gasteiger charge is 2.20. The predicted octanol–water partition coefficient (Wildman–Crippen LogP) is 3.69. The Morgan fingerprint density at radius 2 is 2.00 bits per heavy atom. The minimum Gasteiger partial charge on any atom is -0.481 e. The maximum Gasteiger partial charge on any atom is 0.291 e. The summed E-state index contributed by atoms with van der Waals surface area (Å²) in [4.78, 5) is 24.7. The molecule has 1 atom stereocenters. The Morgan fingerprint density at radius 3 is 2.68 bits per heavy atom. The number of benzene rings is 1. The van der Waals surface area contributed by atoms with Gasteiger partial charge in [0.2, 0.25) is 16.9 Å². The first-order chi connectivity index (χ1) is 12.0. The van der Waals surface area contributed by atoms with E-state index in [1.54, 1.807) is 6.92 Å². The second-order valence-electron chi connectivity index (χ2n) is 6.21. The molecule has 25 heavy (non-hydrogen) atoms. The first-order valence-corrected chi connectivity index (χ1v) is 8.61. The van der Waals surface area contributed by atoms with Gasteiger partial charge in [-0.15, -0.1) is 0 Å². The molecule has 1 amide bonds. The van der Waals surface area contributed by atoms with Gasteiger partial charge in [0.1, 0.15) is 12.4 Å². The van der Waals surface area contributed by atoms with E-state index in [1.165, 1.54) is 6.07 Å². The lowest BCUT2D eigenvalue weighted by Crippen LogP contribution is -2.27. The van der Waals surface area contributed by atoms with Crippen LogP contribution in [0.3, 0.4) is 0 Å². The van der Waals surface area contributed by atoms with E-state index in [9.17, 15) is 9.59 Å². The minimum absolute atomic E-state index is 0.0458. The van der Waals surface area contributed by atoms with Crippen molar-refractivity contribution in [2.45, 2.75) is 40.2 Å². The quantitative estimate of drug-likeness (QED) is 0.793. The minimum atomic E-state index is -0.424. The average Bonchev–Trinajstić information content (AvgIpc) is 2.61. The predicted molar refractivity (Wildman–Crippen MR) is 96.9 cm³/mol. The second kappa shape index (κ2) is 9.06. The number of nitrogens with one attached hydrogen (secondary N) is 1. The lowest BCUT2D eigenvalue weighted by molar-refractivity contribution is 0.0911. The number of aryl methyl sites for hydroxylation is 1. The van der Waals surface area contributed by atoms with Crippen molar-refractivity contribution in [3.63, 3.8) is 0 Å². The normalized spacial score (nSPS) is 11.8. The fourth-order valence-corrected chi connectivity index (χ4v) is 2.33. The zero-order chi connectivity index (χ0) is 18.2. The zero-order valence-corrected chi connectivity index (χ0v) is 15.0. The molecule has 0 bridgehead atoms. The molecule has 2 aromatic rings. The number of hydrogen-bond acceptors (Lipinski definition) is 4.